The van der Waals surface area contributed by atoms with Gasteiger partial charge in [0, 0.05) is 34.4 Å². The van der Waals surface area contributed by atoms with Crippen molar-refractivity contribution in [1.82, 2.24) is 15.0 Å². The summed E-state index contributed by atoms with van der Waals surface area (Å²) in [7, 11) is 0. The maximum atomic E-state index is 13.3. The first-order valence-corrected chi connectivity index (χ1v) is 9.66. The van der Waals surface area contributed by atoms with Crippen molar-refractivity contribution < 1.29 is 9.32 Å². The molecule has 1 saturated heterocycles. The maximum Gasteiger partial charge on any atom is 0.259 e. The molecule has 1 aliphatic rings. The second-order valence-electron chi connectivity index (χ2n) is 6.86. The minimum Gasteiger partial charge on any atom is -0.335 e. The van der Waals surface area contributed by atoms with Crippen molar-refractivity contribution in [3.05, 3.63) is 33.1 Å². The van der Waals surface area contributed by atoms with Gasteiger partial charge in [-0.15, -0.1) is 11.3 Å². The lowest BCUT2D eigenvalue weighted by atomic mass is 10.0. The first kappa shape index (κ1) is 17.2. The van der Waals surface area contributed by atoms with Crippen LogP contribution in [0.5, 0.6) is 0 Å². The topological polar surface area (TPSA) is 85.2 Å². The van der Waals surface area contributed by atoms with E-state index in [1.54, 1.807) is 11.3 Å². The molecular weight excluding hydrogens is 348 g/mol. The number of pyridine rings is 1. The van der Waals surface area contributed by atoms with Gasteiger partial charge in [0.2, 0.25) is 0 Å². The number of nitrogens with two attached hydrogens (primary N) is 1. The van der Waals surface area contributed by atoms with Crippen LogP contribution >= 0.6 is 11.3 Å². The zero-order chi connectivity index (χ0) is 18.4. The van der Waals surface area contributed by atoms with Crippen molar-refractivity contribution in [3.8, 4) is 11.3 Å². The van der Waals surface area contributed by atoms with Gasteiger partial charge in [0.1, 0.15) is 0 Å². The highest BCUT2D eigenvalue weighted by molar-refractivity contribution is 7.12. The lowest BCUT2D eigenvalue weighted by Gasteiger charge is -2.24. The molecule has 4 heterocycles. The maximum absolute atomic E-state index is 13.3. The molecule has 1 amide bonds. The number of hydrogen-bond acceptors (Lipinski definition) is 6. The Morgan fingerprint density at radius 1 is 1.38 bits per heavy atom. The van der Waals surface area contributed by atoms with Crippen LogP contribution in [-0.2, 0) is 0 Å². The molecule has 1 aliphatic heterocycles. The Morgan fingerprint density at radius 2 is 2.19 bits per heavy atom. The quantitative estimate of drug-likeness (QED) is 0.763. The van der Waals surface area contributed by atoms with Gasteiger partial charge in [0.15, 0.2) is 0 Å². The molecule has 6 nitrogen and oxygen atoms in total. The monoisotopic (exact) mass is 370 g/mol. The first-order chi connectivity index (χ1) is 12.5. The summed E-state index contributed by atoms with van der Waals surface area (Å²) in [5.74, 6) is -0.0116. The van der Waals surface area contributed by atoms with E-state index in [1.807, 2.05) is 17.9 Å². The molecule has 3 aromatic rings. The summed E-state index contributed by atoms with van der Waals surface area (Å²) < 4.78 is 5.41. The standard InChI is InChI=1S/C19H22N4O2S/c1-10-7-14(12(3)26-10)16-8-15(17-11(2)22-25-18(17)21-16)19(24)23-6-4-5-13(23)9-20/h7-8,13H,4-6,9,20H2,1-3H3. The molecule has 4 rings (SSSR count). The zero-order valence-electron chi connectivity index (χ0n) is 15.2. The fraction of sp³-hybridized carbons (Fsp3) is 0.421. The number of likely N-dealkylation sites (tertiary alicyclic amines) is 1. The van der Waals surface area contributed by atoms with E-state index in [2.05, 4.69) is 30.1 Å². The Hall–Kier alpha value is -2.25. The first-order valence-electron chi connectivity index (χ1n) is 8.85. The summed E-state index contributed by atoms with van der Waals surface area (Å²) in [6.45, 7) is 7.20. The van der Waals surface area contributed by atoms with Crippen LogP contribution in [0, 0.1) is 20.8 Å². The largest absolute Gasteiger partial charge is 0.335 e. The lowest BCUT2D eigenvalue weighted by Crippen LogP contribution is -2.40. The van der Waals surface area contributed by atoms with Crippen LogP contribution in [0.1, 0.15) is 38.6 Å². The molecule has 7 heteroatoms. The van der Waals surface area contributed by atoms with Crippen LogP contribution in [0.15, 0.2) is 16.7 Å². The number of aryl methyl sites for hydroxylation is 3. The Morgan fingerprint density at radius 3 is 2.88 bits per heavy atom. The molecule has 3 aromatic heterocycles. The van der Waals surface area contributed by atoms with Crippen molar-refractivity contribution in [1.29, 1.82) is 0 Å². The smallest absolute Gasteiger partial charge is 0.259 e. The van der Waals surface area contributed by atoms with E-state index in [-0.39, 0.29) is 11.9 Å². The highest BCUT2D eigenvalue weighted by Gasteiger charge is 2.31. The van der Waals surface area contributed by atoms with Gasteiger partial charge >= 0.3 is 0 Å². The molecule has 2 N–H and O–H groups in total. The summed E-state index contributed by atoms with van der Waals surface area (Å²) in [5, 5.41) is 4.74. The third kappa shape index (κ3) is 2.71. The van der Waals surface area contributed by atoms with Gasteiger partial charge in [-0.25, -0.2) is 4.98 Å². The van der Waals surface area contributed by atoms with Crippen molar-refractivity contribution in [2.45, 2.75) is 39.7 Å². The number of fused-ring (bicyclic) bond motifs is 1. The number of amides is 1. The molecule has 1 fully saturated rings. The molecule has 136 valence electrons. The van der Waals surface area contributed by atoms with E-state index in [1.165, 1.54) is 9.75 Å². The van der Waals surface area contributed by atoms with E-state index < -0.39 is 0 Å². The van der Waals surface area contributed by atoms with Gasteiger partial charge in [-0.3, -0.25) is 4.79 Å². The molecule has 0 spiro atoms. The summed E-state index contributed by atoms with van der Waals surface area (Å²) in [6.07, 6.45) is 1.94. The molecule has 0 aliphatic carbocycles. The third-order valence-corrected chi connectivity index (χ3v) is 6.04. The van der Waals surface area contributed by atoms with Gasteiger partial charge < -0.3 is 15.2 Å². The summed E-state index contributed by atoms with van der Waals surface area (Å²) in [6, 6.07) is 4.08. The average molecular weight is 370 g/mol. The van der Waals surface area contributed by atoms with Crippen molar-refractivity contribution in [2.75, 3.05) is 13.1 Å². The number of aromatic nitrogens is 2. The van der Waals surface area contributed by atoms with Crippen LogP contribution < -0.4 is 5.73 Å². The van der Waals surface area contributed by atoms with Crippen LogP contribution in [0.25, 0.3) is 22.4 Å². The second kappa shape index (κ2) is 6.48. The SMILES string of the molecule is Cc1cc(-c2cc(C(=O)N3CCCC3CN)c3c(C)noc3n2)c(C)s1. The number of thiophene rings is 1. The van der Waals surface area contributed by atoms with Crippen LogP contribution in [-0.4, -0.2) is 40.1 Å². The van der Waals surface area contributed by atoms with Crippen molar-refractivity contribution in [3.63, 3.8) is 0 Å². The van der Waals surface area contributed by atoms with Crippen LogP contribution in [0.3, 0.4) is 0 Å². The molecule has 26 heavy (non-hydrogen) atoms. The van der Waals surface area contributed by atoms with E-state index >= 15 is 0 Å². The Bertz CT molecular complexity index is 991. The Labute approximate surface area is 156 Å². The van der Waals surface area contributed by atoms with E-state index in [9.17, 15) is 4.79 Å². The van der Waals surface area contributed by atoms with E-state index in [0.29, 0.717) is 28.9 Å². The van der Waals surface area contributed by atoms with Gasteiger partial charge in [0.05, 0.1) is 22.3 Å². The number of nitrogens with zero attached hydrogens (tertiary/aromatic N) is 3. The second-order valence-corrected chi connectivity index (χ2v) is 8.32. The molecule has 0 aromatic carbocycles. The molecule has 0 saturated carbocycles. The Kier molecular flexibility index (Phi) is 4.28. The van der Waals surface area contributed by atoms with Crippen LogP contribution in [0.2, 0.25) is 0 Å². The molecular formula is C19H22N4O2S. The van der Waals surface area contributed by atoms with Crippen molar-refractivity contribution in [2.24, 2.45) is 5.73 Å². The molecule has 0 radical (unpaired) electrons. The van der Waals surface area contributed by atoms with Gasteiger partial charge in [-0.2, -0.15) is 0 Å². The zero-order valence-corrected chi connectivity index (χ0v) is 16.0. The van der Waals surface area contributed by atoms with E-state index in [0.717, 1.165) is 30.6 Å². The minimum atomic E-state index is -0.0116. The molecule has 1 atom stereocenters. The number of rotatable bonds is 3. The minimum absolute atomic E-state index is 0.0116. The van der Waals surface area contributed by atoms with Crippen LogP contribution in [0.4, 0.5) is 0 Å². The van der Waals surface area contributed by atoms with E-state index in [4.69, 9.17) is 10.3 Å². The average Bonchev–Trinajstić information content (AvgIpc) is 3.32. The fourth-order valence-corrected chi connectivity index (χ4v) is 4.72. The van der Waals surface area contributed by atoms with Crippen molar-refractivity contribution >= 4 is 28.3 Å². The predicted molar refractivity (Wildman–Crippen MR) is 102 cm³/mol. The highest BCUT2D eigenvalue weighted by atomic mass is 32.1. The number of carbonyl (C=O) groups is 1. The van der Waals surface area contributed by atoms with Gasteiger partial charge in [-0.05, 0) is 45.7 Å². The van der Waals surface area contributed by atoms with Gasteiger partial charge in [0.25, 0.3) is 11.6 Å². The summed E-state index contributed by atoms with van der Waals surface area (Å²) in [5.41, 5.74) is 9.36. The predicted octanol–water partition coefficient (Wildman–Crippen LogP) is 3.44. The lowest BCUT2D eigenvalue weighted by molar-refractivity contribution is 0.0743. The summed E-state index contributed by atoms with van der Waals surface area (Å²) >= 11 is 1.72. The third-order valence-electron chi connectivity index (χ3n) is 5.07. The van der Waals surface area contributed by atoms with Gasteiger partial charge in [-0.1, -0.05) is 5.16 Å². The number of carbonyl (C=O) groups excluding carboxylic acids is 1. The Balaban J connectivity index is 1.88. The molecule has 1 unspecified atom stereocenters. The highest BCUT2D eigenvalue weighted by Crippen LogP contribution is 2.34. The fourth-order valence-electron chi connectivity index (χ4n) is 3.79. The normalized spacial score (nSPS) is 17.4. The summed E-state index contributed by atoms with van der Waals surface area (Å²) in [4.78, 5) is 22.2. The molecule has 0 bridgehead atoms. The number of hydrogen-bond donors (Lipinski definition) is 1.